The highest BCUT2D eigenvalue weighted by molar-refractivity contribution is 7.11. The van der Waals surface area contributed by atoms with Crippen LogP contribution in [0.2, 0.25) is 0 Å². The highest BCUT2D eigenvalue weighted by atomic mass is 32.1. The van der Waals surface area contributed by atoms with E-state index in [1.807, 2.05) is 12.3 Å². The van der Waals surface area contributed by atoms with Gasteiger partial charge in [-0.25, -0.2) is 14.8 Å². The van der Waals surface area contributed by atoms with Gasteiger partial charge in [0.15, 0.2) is 0 Å². The first kappa shape index (κ1) is 15.6. The van der Waals surface area contributed by atoms with Gasteiger partial charge in [-0.2, -0.15) is 0 Å². The van der Waals surface area contributed by atoms with Crippen molar-refractivity contribution in [1.29, 1.82) is 0 Å². The molecule has 112 valence electrons. The number of nitrogens with zero attached hydrogens (tertiary/aromatic N) is 2. The lowest BCUT2D eigenvalue weighted by molar-refractivity contribution is 0.0526. The zero-order valence-corrected chi connectivity index (χ0v) is 13.3. The number of carbonyl (C=O) groups is 2. The molecule has 0 unspecified atom stereocenters. The molecule has 2 heterocycles. The molecular weight excluding hydrogens is 310 g/mol. The van der Waals surface area contributed by atoms with Crippen LogP contribution in [0.3, 0.4) is 0 Å². The fourth-order valence-electron chi connectivity index (χ4n) is 1.58. The molecule has 1 amide bonds. The fraction of sp³-hybridized carbons (Fsp3) is 0.385. The number of esters is 1. The van der Waals surface area contributed by atoms with Crippen LogP contribution in [-0.4, -0.2) is 35.0 Å². The Labute approximate surface area is 130 Å². The smallest absolute Gasteiger partial charge is 0.367 e. The molecule has 0 aliphatic carbocycles. The minimum atomic E-state index is -0.500. The number of hydrogen-bond acceptors (Lipinski definition) is 7. The Morgan fingerprint density at radius 3 is 2.76 bits per heavy atom. The second-order valence-corrected chi connectivity index (χ2v) is 6.04. The molecule has 0 aliphatic heterocycles. The molecule has 2 aromatic rings. The van der Waals surface area contributed by atoms with Crippen molar-refractivity contribution in [2.45, 2.75) is 20.3 Å². The summed E-state index contributed by atoms with van der Waals surface area (Å²) in [5.41, 5.74) is 1.20. The number of carbonyl (C=O) groups excluding carboxylic acids is 2. The molecule has 21 heavy (non-hydrogen) atoms. The summed E-state index contributed by atoms with van der Waals surface area (Å²) in [5.74, 6) is -0.798. The van der Waals surface area contributed by atoms with Gasteiger partial charge >= 0.3 is 5.97 Å². The van der Waals surface area contributed by atoms with Crippen LogP contribution in [0.25, 0.3) is 0 Å². The van der Waals surface area contributed by atoms with Crippen molar-refractivity contribution < 1.29 is 14.3 Å². The summed E-state index contributed by atoms with van der Waals surface area (Å²) in [6, 6.07) is 0. The topological polar surface area (TPSA) is 81.2 Å². The standard InChI is InChI=1S/C13H15N3O3S2/c1-3-19-13(18)12-16-10(7-21-12)11(17)14-5-4-9-6-20-8(2)15-9/h6-7H,3-5H2,1-2H3,(H,14,17). The third-order valence-electron chi connectivity index (χ3n) is 2.52. The van der Waals surface area contributed by atoms with Gasteiger partial charge < -0.3 is 10.1 Å². The van der Waals surface area contributed by atoms with Gasteiger partial charge in [0.1, 0.15) is 5.69 Å². The van der Waals surface area contributed by atoms with Gasteiger partial charge in [0.05, 0.1) is 17.3 Å². The number of aromatic nitrogens is 2. The summed E-state index contributed by atoms with van der Waals surface area (Å²) >= 11 is 2.69. The zero-order valence-electron chi connectivity index (χ0n) is 11.7. The fourth-order valence-corrected chi connectivity index (χ4v) is 2.92. The highest BCUT2D eigenvalue weighted by Gasteiger charge is 2.16. The van der Waals surface area contributed by atoms with Crippen molar-refractivity contribution in [3.63, 3.8) is 0 Å². The lowest BCUT2D eigenvalue weighted by atomic mass is 10.3. The summed E-state index contributed by atoms with van der Waals surface area (Å²) in [6.45, 7) is 4.43. The van der Waals surface area contributed by atoms with Gasteiger partial charge in [-0.15, -0.1) is 22.7 Å². The van der Waals surface area contributed by atoms with Gasteiger partial charge in [0.2, 0.25) is 5.01 Å². The predicted octanol–water partition coefficient (Wildman–Crippen LogP) is 2.06. The molecule has 0 bridgehead atoms. The summed E-state index contributed by atoms with van der Waals surface area (Å²) in [5, 5.41) is 7.49. The van der Waals surface area contributed by atoms with Gasteiger partial charge in [-0.05, 0) is 13.8 Å². The van der Waals surface area contributed by atoms with E-state index in [-0.39, 0.29) is 23.2 Å². The molecule has 0 radical (unpaired) electrons. The van der Waals surface area contributed by atoms with E-state index in [2.05, 4.69) is 15.3 Å². The first-order chi connectivity index (χ1) is 10.1. The minimum absolute atomic E-state index is 0.192. The molecule has 8 heteroatoms. The molecule has 0 atom stereocenters. The van der Waals surface area contributed by atoms with E-state index in [0.717, 1.165) is 22.0 Å². The number of thiazole rings is 2. The third kappa shape index (κ3) is 4.33. The summed E-state index contributed by atoms with van der Waals surface area (Å²) in [4.78, 5) is 31.7. The van der Waals surface area contributed by atoms with Crippen LogP contribution in [0.5, 0.6) is 0 Å². The van der Waals surface area contributed by atoms with Crippen LogP contribution >= 0.6 is 22.7 Å². The SMILES string of the molecule is CCOC(=O)c1nc(C(=O)NCCc2csc(C)n2)cs1. The lowest BCUT2D eigenvalue weighted by Crippen LogP contribution is -2.26. The number of hydrogen-bond donors (Lipinski definition) is 1. The molecule has 2 rings (SSSR count). The Hall–Kier alpha value is -1.80. The van der Waals surface area contributed by atoms with Gasteiger partial charge in [0.25, 0.3) is 5.91 Å². The predicted molar refractivity (Wildman–Crippen MR) is 81.0 cm³/mol. The first-order valence-electron chi connectivity index (χ1n) is 6.42. The van der Waals surface area contributed by atoms with E-state index in [0.29, 0.717) is 13.0 Å². The largest absolute Gasteiger partial charge is 0.461 e. The maximum absolute atomic E-state index is 11.9. The maximum Gasteiger partial charge on any atom is 0.367 e. The molecule has 0 saturated carbocycles. The van der Waals surface area contributed by atoms with E-state index in [1.54, 1.807) is 23.6 Å². The minimum Gasteiger partial charge on any atom is -0.461 e. The monoisotopic (exact) mass is 325 g/mol. The normalized spacial score (nSPS) is 10.4. The van der Waals surface area contributed by atoms with E-state index in [9.17, 15) is 9.59 Å². The Bertz CT molecular complexity index is 636. The Balaban J connectivity index is 1.84. The second kappa shape index (κ2) is 7.28. The molecule has 0 aromatic carbocycles. The van der Waals surface area contributed by atoms with E-state index >= 15 is 0 Å². The number of nitrogens with one attached hydrogen (secondary N) is 1. The van der Waals surface area contributed by atoms with E-state index in [4.69, 9.17) is 4.74 Å². The van der Waals surface area contributed by atoms with Gasteiger partial charge in [-0.1, -0.05) is 0 Å². The van der Waals surface area contributed by atoms with Crippen LogP contribution in [0.1, 0.15) is 37.9 Å². The quantitative estimate of drug-likeness (QED) is 0.822. The molecular formula is C13H15N3O3S2. The van der Waals surface area contributed by atoms with E-state index in [1.165, 1.54) is 0 Å². The van der Waals surface area contributed by atoms with Crippen LogP contribution in [-0.2, 0) is 11.2 Å². The lowest BCUT2D eigenvalue weighted by Gasteiger charge is -2.01. The van der Waals surface area contributed by atoms with Crippen LogP contribution in [0, 0.1) is 6.92 Å². The van der Waals surface area contributed by atoms with Crippen molar-refractivity contribution in [3.8, 4) is 0 Å². The number of aryl methyl sites for hydroxylation is 1. The van der Waals surface area contributed by atoms with Gasteiger partial charge in [0, 0.05) is 23.7 Å². The van der Waals surface area contributed by atoms with Crippen LogP contribution in [0.4, 0.5) is 0 Å². The van der Waals surface area contributed by atoms with Crippen molar-refractivity contribution in [3.05, 3.63) is 32.2 Å². The Kier molecular flexibility index (Phi) is 5.40. The van der Waals surface area contributed by atoms with Crippen molar-refractivity contribution >= 4 is 34.6 Å². The number of rotatable bonds is 6. The summed E-state index contributed by atoms with van der Waals surface area (Å²) in [6.07, 6.45) is 0.672. The first-order valence-corrected chi connectivity index (χ1v) is 8.18. The second-order valence-electron chi connectivity index (χ2n) is 4.12. The number of ether oxygens (including phenoxy) is 1. The molecule has 6 nitrogen and oxygen atoms in total. The van der Waals surface area contributed by atoms with Crippen molar-refractivity contribution in [2.24, 2.45) is 0 Å². The van der Waals surface area contributed by atoms with Crippen LogP contribution < -0.4 is 5.32 Å². The molecule has 0 fully saturated rings. The number of amides is 1. The van der Waals surface area contributed by atoms with Gasteiger partial charge in [-0.3, -0.25) is 4.79 Å². The van der Waals surface area contributed by atoms with Crippen molar-refractivity contribution in [2.75, 3.05) is 13.2 Å². The van der Waals surface area contributed by atoms with E-state index < -0.39 is 5.97 Å². The third-order valence-corrected chi connectivity index (χ3v) is 4.16. The average molecular weight is 325 g/mol. The molecule has 0 spiro atoms. The molecule has 0 saturated heterocycles. The zero-order chi connectivity index (χ0) is 15.2. The maximum atomic E-state index is 11.9. The molecule has 0 aliphatic rings. The van der Waals surface area contributed by atoms with Crippen molar-refractivity contribution in [1.82, 2.24) is 15.3 Å². The molecule has 2 aromatic heterocycles. The Morgan fingerprint density at radius 2 is 2.10 bits per heavy atom. The summed E-state index contributed by atoms with van der Waals surface area (Å²) in [7, 11) is 0. The highest BCUT2D eigenvalue weighted by Crippen LogP contribution is 2.11. The summed E-state index contributed by atoms with van der Waals surface area (Å²) < 4.78 is 4.83. The van der Waals surface area contributed by atoms with Crippen LogP contribution in [0.15, 0.2) is 10.8 Å². The molecule has 1 N–H and O–H groups in total. The Morgan fingerprint density at radius 1 is 1.29 bits per heavy atom. The average Bonchev–Trinajstić information content (AvgIpc) is 3.08.